The van der Waals surface area contributed by atoms with Gasteiger partial charge in [-0.15, -0.1) is 0 Å². The number of ether oxygens (including phenoxy) is 1. The maximum absolute atomic E-state index is 5.35. The van der Waals surface area contributed by atoms with Crippen LogP contribution in [0, 0.1) is 13.8 Å². The summed E-state index contributed by atoms with van der Waals surface area (Å²) in [5.41, 5.74) is 3.87. The Labute approximate surface area is 92.9 Å². The van der Waals surface area contributed by atoms with E-state index >= 15 is 0 Å². The van der Waals surface area contributed by atoms with Gasteiger partial charge in [-0.1, -0.05) is 6.07 Å². The van der Waals surface area contributed by atoms with Gasteiger partial charge in [0.25, 0.3) is 0 Å². The Hall–Kier alpha value is -1.18. The van der Waals surface area contributed by atoms with Crippen molar-refractivity contribution in [1.82, 2.24) is 0 Å². The van der Waals surface area contributed by atoms with Crippen molar-refractivity contribution in [3.63, 3.8) is 0 Å². The van der Waals surface area contributed by atoms with E-state index in [1.165, 1.54) is 16.8 Å². The first-order valence-corrected chi connectivity index (χ1v) is 5.54. The van der Waals surface area contributed by atoms with Crippen LogP contribution in [0.1, 0.15) is 25.0 Å². The molecular weight excluding hydrogens is 186 g/mol. The Balaban J connectivity index is 3.25. The molecule has 1 rings (SSSR count). The summed E-state index contributed by atoms with van der Waals surface area (Å²) in [6, 6.07) is 4.16. The first-order valence-electron chi connectivity index (χ1n) is 5.54. The molecule has 0 unspecified atom stereocenters. The molecule has 0 radical (unpaired) electrons. The Morgan fingerprint density at radius 1 is 1.13 bits per heavy atom. The van der Waals surface area contributed by atoms with Gasteiger partial charge in [-0.25, -0.2) is 0 Å². The van der Waals surface area contributed by atoms with Crippen LogP contribution in [0.2, 0.25) is 0 Å². The van der Waals surface area contributed by atoms with E-state index in [9.17, 15) is 0 Å². The van der Waals surface area contributed by atoms with Crippen LogP contribution in [0.3, 0.4) is 0 Å². The van der Waals surface area contributed by atoms with Gasteiger partial charge in [0.2, 0.25) is 0 Å². The second-order valence-corrected chi connectivity index (χ2v) is 3.73. The molecule has 2 heteroatoms. The number of methoxy groups -OCH3 is 1. The Bertz CT molecular complexity index is 330. The highest BCUT2D eigenvalue weighted by atomic mass is 16.5. The SMILES string of the molecule is CCN(CC)c1c(C)ccc(OC)c1C. The van der Waals surface area contributed by atoms with Crippen LogP contribution in [0.15, 0.2) is 12.1 Å². The van der Waals surface area contributed by atoms with E-state index < -0.39 is 0 Å². The molecule has 84 valence electrons. The number of aryl methyl sites for hydroxylation is 1. The van der Waals surface area contributed by atoms with Crippen LogP contribution in [0.5, 0.6) is 5.75 Å². The van der Waals surface area contributed by atoms with Crippen LogP contribution < -0.4 is 9.64 Å². The average molecular weight is 207 g/mol. The highest BCUT2D eigenvalue weighted by Gasteiger charge is 2.12. The van der Waals surface area contributed by atoms with Gasteiger partial charge in [0.05, 0.1) is 7.11 Å². The minimum absolute atomic E-state index is 0.975. The van der Waals surface area contributed by atoms with E-state index in [2.05, 4.69) is 38.7 Å². The summed E-state index contributed by atoms with van der Waals surface area (Å²) in [5.74, 6) is 0.975. The number of hydrogen-bond acceptors (Lipinski definition) is 2. The molecule has 0 amide bonds. The largest absolute Gasteiger partial charge is 0.496 e. The smallest absolute Gasteiger partial charge is 0.123 e. The van der Waals surface area contributed by atoms with Crippen molar-refractivity contribution < 1.29 is 4.74 Å². The molecule has 0 heterocycles. The van der Waals surface area contributed by atoms with Crippen molar-refractivity contribution in [2.24, 2.45) is 0 Å². The van der Waals surface area contributed by atoms with Gasteiger partial charge in [-0.2, -0.15) is 0 Å². The molecule has 0 aliphatic carbocycles. The van der Waals surface area contributed by atoms with Gasteiger partial charge in [0.15, 0.2) is 0 Å². The minimum Gasteiger partial charge on any atom is -0.496 e. The molecule has 2 nitrogen and oxygen atoms in total. The fourth-order valence-corrected chi connectivity index (χ4v) is 2.06. The van der Waals surface area contributed by atoms with Gasteiger partial charge in [0, 0.05) is 24.3 Å². The van der Waals surface area contributed by atoms with Crippen molar-refractivity contribution in [3.8, 4) is 5.75 Å². The zero-order chi connectivity index (χ0) is 11.4. The lowest BCUT2D eigenvalue weighted by atomic mass is 10.1. The lowest BCUT2D eigenvalue weighted by molar-refractivity contribution is 0.411. The van der Waals surface area contributed by atoms with Crippen LogP contribution in [-0.2, 0) is 0 Å². The summed E-state index contributed by atoms with van der Waals surface area (Å²) < 4.78 is 5.35. The number of benzene rings is 1. The lowest BCUT2D eigenvalue weighted by Gasteiger charge is -2.26. The van der Waals surface area contributed by atoms with E-state index in [0.717, 1.165) is 18.8 Å². The quantitative estimate of drug-likeness (QED) is 0.752. The van der Waals surface area contributed by atoms with Gasteiger partial charge in [-0.3, -0.25) is 0 Å². The fraction of sp³-hybridized carbons (Fsp3) is 0.538. The molecule has 1 aromatic rings. The molecule has 0 saturated carbocycles. The maximum Gasteiger partial charge on any atom is 0.123 e. The average Bonchev–Trinajstić information content (AvgIpc) is 2.24. The molecule has 0 fully saturated rings. The Morgan fingerprint density at radius 2 is 1.73 bits per heavy atom. The highest BCUT2D eigenvalue weighted by Crippen LogP contribution is 2.31. The topological polar surface area (TPSA) is 12.5 Å². The molecule has 0 N–H and O–H groups in total. The van der Waals surface area contributed by atoms with Crippen LogP contribution >= 0.6 is 0 Å². The predicted octanol–water partition coefficient (Wildman–Crippen LogP) is 3.16. The number of anilines is 1. The molecular formula is C13H21NO. The second-order valence-electron chi connectivity index (χ2n) is 3.73. The van der Waals surface area contributed by atoms with Gasteiger partial charge in [0.1, 0.15) is 5.75 Å². The minimum atomic E-state index is 0.975. The van der Waals surface area contributed by atoms with Crippen molar-refractivity contribution in [2.45, 2.75) is 27.7 Å². The van der Waals surface area contributed by atoms with E-state index in [1.54, 1.807) is 7.11 Å². The Kier molecular flexibility index (Phi) is 4.01. The van der Waals surface area contributed by atoms with Crippen molar-refractivity contribution in [3.05, 3.63) is 23.3 Å². The molecule has 0 bridgehead atoms. The number of nitrogens with zero attached hydrogens (tertiary/aromatic N) is 1. The predicted molar refractivity (Wildman–Crippen MR) is 66.0 cm³/mol. The summed E-state index contributed by atoms with van der Waals surface area (Å²) >= 11 is 0. The summed E-state index contributed by atoms with van der Waals surface area (Å²) in [6.07, 6.45) is 0. The third kappa shape index (κ3) is 2.25. The summed E-state index contributed by atoms with van der Waals surface area (Å²) in [5, 5.41) is 0. The monoisotopic (exact) mass is 207 g/mol. The molecule has 0 atom stereocenters. The first-order chi connectivity index (χ1) is 7.15. The van der Waals surface area contributed by atoms with Crippen molar-refractivity contribution >= 4 is 5.69 Å². The second kappa shape index (κ2) is 5.06. The fourth-order valence-electron chi connectivity index (χ4n) is 2.06. The summed E-state index contributed by atoms with van der Waals surface area (Å²) in [4.78, 5) is 2.37. The molecule has 15 heavy (non-hydrogen) atoms. The maximum atomic E-state index is 5.35. The summed E-state index contributed by atoms with van der Waals surface area (Å²) in [7, 11) is 1.73. The van der Waals surface area contributed by atoms with E-state index in [-0.39, 0.29) is 0 Å². The number of hydrogen-bond donors (Lipinski definition) is 0. The van der Waals surface area contributed by atoms with Crippen LogP contribution in [-0.4, -0.2) is 20.2 Å². The van der Waals surface area contributed by atoms with Crippen LogP contribution in [0.25, 0.3) is 0 Å². The first kappa shape index (κ1) is 11.9. The van der Waals surface area contributed by atoms with Gasteiger partial charge >= 0.3 is 0 Å². The lowest BCUT2D eigenvalue weighted by Crippen LogP contribution is -2.23. The Morgan fingerprint density at radius 3 is 2.20 bits per heavy atom. The van der Waals surface area contributed by atoms with E-state index in [4.69, 9.17) is 4.74 Å². The molecule has 0 aliphatic heterocycles. The normalized spacial score (nSPS) is 10.2. The molecule has 0 saturated heterocycles. The molecule has 0 aromatic heterocycles. The van der Waals surface area contributed by atoms with Crippen molar-refractivity contribution in [2.75, 3.05) is 25.1 Å². The van der Waals surface area contributed by atoms with E-state index in [1.807, 2.05) is 6.07 Å². The van der Waals surface area contributed by atoms with E-state index in [0.29, 0.717) is 0 Å². The molecule has 0 spiro atoms. The molecule has 1 aromatic carbocycles. The van der Waals surface area contributed by atoms with Gasteiger partial charge < -0.3 is 9.64 Å². The standard InChI is InChI=1S/C13H21NO/c1-6-14(7-2)13-10(3)8-9-12(15-5)11(13)4/h8-9H,6-7H2,1-5H3. The third-order valence-corrected chi connectivity index (χ3v) is 2.88. The highest BCUT2D eigenvalue weighted by molar-refractivity contribution is 5.63. The third-order valence-electron chi connectivity index (χ3n) is 2.88. The van der Waals surface area contributed by atoms with Crippen molar-refractivity contribution in [1.29, 1.82) is 0 Å². The number of rotatable bonds is 4. The zero-order valence-corrected chi connectivity index (χ0v) is 10.4. The molecule has 0 aliphatic rings. The van der Waals surface area contributed by atoms with Crippen LogP contribution in [0.4, 0.5) is 5.69 Å². The zero-order valence-electron chi connectivity index (χ0n) is 10.4. The van der Waals surface area contributed by atoms with Gasteiger partial charge in [-0.05, 0) is 39.3 Å². The summed E-state index contributed by atoms with van der Waals surface area (Å²) in [6.45, 7) is 10.7.